The molecule has 0 spiro atoms. The fourth-order valence-corrected chi connectivity index (χ4v) is 2.83. The average molecular weight is 333 g/mol. The molecule has 0 bridgehead atoms. The van der Waals surface area contributed by atoms with E-state index >= 15 is 0 Å². The quantitative estimate of drug-likeness (QED) is 0.753. The number of para-hydroxylation sites is 2. The summed E-state index contributed by atoms with van der Waals surface area (Å²) in [6.07, 6.45) is 2.09. The molecule has 130 valence electrons. The van der Waals surface area contributed by atoms with Gasteiger partial charge in [0.2, 0.25) is 11.8 Å². The van der Waals surface area contributed by atoms with Crippen molar-refractivity contribution in [1.82, 2.24) is 4.90 Å². The molecule has 0 atom stereocenters. The first-order valence-corrected chi connectivity index (χ1v) is 8.14. The van der Waals surface area contributed by atoms with Crippen LogP contribution >= 0.6 is 0 Å². The molecule has 1 aliphatic rings. The van der Waals surface area contributed by atoms with Crippen molar-refractivity contribution in [3.63, 3.8) is 0 Å². The van der Waals surface area contributed by atoms with Crippen LogP contribution in [0.5, 0.6) is 0 Å². The minimum Gasteiger partial charge on any atom is -0.480 e. The van der Waals surface area contributed by atoms with E-state index in [1.165, 1.54) is 0 Å². The van der Waals surface area contributed by atoms with Crippen LogP contribution in [0.15, 0.2) is 24.3 Å². The standard InChI is InChI=1S/C17H23N3O4/c1-2-9-19(12-17(23)24)11-15(21)18-13-6-3-4-7-14(13)20-10-5-8-16(20)22/h3-4,6-7H,2,5,8-12H2,1H3,(H,18,21)(H,23,24). The number of carboxylic acids is 1. The van der Waals surface area contributed by atoms with E-state index < -0.39 is 5.97 Å². The summed E-state index contributed by atoms with van der Waals surface area (Å²) in [4.78, 5) is 38.3. The van der Waals surface area contributed by atoms with Gasteiger partial charge in [0.15, 0.2) is 0 Å². The topological polar surface area (TPSA) is 89.9 Å². The monoisotopic (exact) mass is 333 g/mol. The summed E-state index contributed by atoms with van der Waals surface area (Å²) in [5, 5.41) is 11.7. The third kappa shape index (κ3) is 4.79. The van der Waals surface area contributed by atoms with Crippen LogP contribution in [0.3, 0.4) is 0 Å². The molecule has 0 saturated carbocycles. The number of anilines is 2. The summed E-state index contributed by atoms with van der Waals surface area (Å²) in [6, 6.07) is 7.17. The van der Waals surface area contributed by atoms with Crippen LogP contribution in [0.4, 0.5) is 11.4 Å². The minimum atomic E-state index is -0.959. The van der Waals surface area contributed by atoms with E-state index in [2.05, 4.69) is 5.32 Å². The van der Waals surface area contributed by atoms with Crippen molar-refractivity contribution in [3.05, 3.63) is 24.3 Å². The molecular formula is C17H23N3O4. The van der Waals surface area contributed by atoms with Gasteiger partial charge in [-0.15, -0.1) is 0 Å². The molecule has 1 saturated heterocycles. The number of carbonyl (C=O) groups excluding carboxylic acids is 2. The van der Waals surface area contributed by atoms with E-state index in [1.807, 2.05) is 13.0 Å². The van der Waals surface area contributed by atoms with Gasteiger partial charge in [-0.1, -0.05) is 19.1 Å². The van der Waals surface area contributed by atoms with Gasteiger partial charge in [0.1, 0.15) is 0 Å². The highest BCUT2D eigenvalue weighted by molar-refractivity contribution is 6.02. The second-order valence-corrected chi connectivity index (χ2v) is 5.82. The number of aliphatic carboxylic acids is 1. The van der Waals surface area contributed by atoms with Crippen LogP contribution in [0, 0.1) is 0 Å². The second-order valence-electron chi connectivity index (χ2n) is 5.82. The Labute approximate surface area is 141 Å². The molecule has 2 amide bonds. The number of benzene rings is 1. The van der Waals surface area contributed by atoms with Crippen molar-refractivity contribution in [2.75, 3.05) is 36.4 Å². The number of nitrogens with one attached hydrogen (secondary N) is 1. The SMILES string of the molecule is CCCN(CC(=O)O)CC(=O)Nc1ccccc1N1CCCC1=O. The average Bonchev–Trinajstić information content (AvgIpc) is 2.93. The maximum absolute atomic E-state index is 12.3. The molecule has 1 aliphatic heterocycles. The maximum Gasteiger partial charge on any atom is 0.317 e. The van der Waals surface area contributed by atoms with Crippen molar-refractivity contribution in [2.45, 2.75) is 26.2 Å². The van der Waals surface area contributed by atoms with E-state index in [-0.39, 0.29) is 24.9 Å². The smallest absolute Gasteiger partial charge is 0.317 e. The molecule has 0 radical (unpaired) electrons. The Balaban J connectivity index is 2.06. The largest absolute Gasteiger partial charge is 0.480 e. The first kappa shape index (κ1) is 17.9. The molecule has 1 heterocycles. The van der Waals surface area contributed by atoms with Gasteiger partial charge in [-0.05, 0) is 31.5 Å². The van der Waals surface area contributed by atoms with Gasteiger partial charge >= 0.3 is 5.97 Å². The number of carboxylic acid groups (broad SMARTS) is 1. The van der Waals surface area contributed by atoms with Gasteiger partial charge in [0.05, 0.1) is 24.5 Å². The third-order valence-corrected chi connectivity index (χ3v) is 3.81. The summed E-state index contributed by atoms with van der Waals surface area (Å²) >= 11 is 0. The molecule has 0 aliphatic carbocycles. The Morgan fingerprint density at radius 3 is 2.67 bits per heavy atom. The highest BCUT2D eigenvalue weighted by Crippen LogP contribution is 2.29. The summed E-state index contributed by atoms with van der Waals surface area (Å²) < 4.78 is 0. The zero-order valence-corrected chi connectivity index (χ0v) is 13.8. The van der Waals surface area contributed by atoms with Crippen LogP contribution < -0.4 is 10.2 Å². The Kier molecular flexibility index (Phi) is 6.31. The van der Waals surface area contributed by atoms with Crippen molar-refractivity contribution < 1.29 is 19.5 Å². The highest BCUT2D eigenvalue weighted by atomic mass is 16.4. The van der Waals surface area contributed by atoms with Gasteiger partial charge in [-0.25, -0.2) is 0 Å². The maximum atomic E-state index is 12.3. The molecule has 0 aromatic heterocycles. The lowest BCUT2D eigenvalue weighted by Crippen LogP contribution is -2.37. The number of carbonyl (C=O) groups is 3. The molecule has 1 fully saturated rings. The van der Waals surface area contributed by atoms with E-state index in [1.54, 1.807) is 28.0 Å². The molecule has 24 heavy (non-hydrogen) atoms. The van der Waals surface area contributed by atoms with E-state index in [4.69, 9.17) is 5.11 Å². The first-order chi connectivity index (χ1) is 11.5. The molecule has 7 nitrogen and oxygen atoms in total. The van der Waals surface area contributed by atoms with Crippen molar-refractivity contribution in [3.8, 4) is 0 Å². The summed E-state index contributed by atoms with van der Waals surface area (Å²) in [5.41, 5.74) is 1.26. The second kappa shape index (κ2) is 8.44. The lowest BCUT2D eigenvalue weighted by atomic mass is 10.2. The molecule has 1 aromatic rings. The third-order valence-electron chi connectivity index (χ3n) is 3.81. The van der Waals surface area contributed by atoms with Crippen molar-refractivity contribution in [2.24, 2.45) is 0 Å². The predicted molar refractivity (Wildman–Crippen MR) is 91.0 cm³/mol. The number of nitrogens with zero attached hydrogens (tertiary/aromatic N) is 2. The number of hydrogen-bond acceptors (Lipinski definition) is 4. The lowest BCUT2D eigenvalue weighted by molar-refractivity contribution is -0.138. The van der Waals surface area contributed by atoms with Crippen LogP contribution in [0.1, 0.15) is 26.2 Å². The normalized spacial score (nSPS) is 14.2. The van der Waals surface area contributed by atoms with E-state index in [9.17, 15) is 14.4 Å². The van der Waals surface area contributed by atoms with Gasteiger partial charge in [0, 0.05) is 13.0 Å². The van der Waals surface area contributed by atoms with Gasteiger partial charge in [0.25, 0.3) is 0 Å². The zero-order valence-electron chi connectivity index (χ0n) is 13.8. The van der Waals surface area contributed by atoms with Crippen molar-refractivity contribution in [1.29, 1.82) is 0 Å². The molecule has 7 heteroatoms. The Morgan fingerprint density at radius 2 is 2.04 bits per heavy atom. The summed E-state index contributed by atoms with van der Waals surface area (Å²) in [6.45, 7) is 2.94. The fourth-order valence-electron chi connectivity index (χ4n) is 2.83. The zero-order chi connectivity index (χ0) is 17.5. The summed E-state index contributed by atoms with van der Waals surface area (Å²) in [7, 11) is 0. The van der Waals surface area contributed by atoms with Gasteiger partial charge < -0.3 is 15.3 Å². The Bertz CT molecular complexity index is 618. The van der Waals surface area contributed by atoms with E-state index in [0.29, 0.717) is 30.9 Å². The van der Waals surface area contributed by atoms with Crippen LogP contribution in [0.2, 0.25) is 0 Å². The Morgan fingerprint density at radius 1 is 1.29 bits per heavy atom. The number of rotatable bonds is 8. The van der Waals surface area contributed by atoms with Crippen molar-refractivity contribution >= 4 is 29.2 Å². The predicted octanol–water partition coefficient (Wildman–Crippen LogP) is 1.55. The van der Waals surface area contributed by atoms with Crippen LogP contribution in [-0.2, 0) is 14.4 Å². The first-order valence-electron chi connectivity index (χ1n) is 8.14. The van der Waals surface area contributed by atoms with Gasteiger partial charge in [-0.3, -0.25) is 19.3 Å². The number of amides is 2. The highest BCUT2D eigenvalue weighted by Gasteiger charge is 2.24. The lowest BCUT2D eigenvalue weighted by Gasteiger charge is -2.22. The molecule has 0 unspecified atom stereocenters. The van der Waals surface area contributed by atoms with Crippen LogP contribution in [-0.4, -0.2) is 54.0 Å². The minimum absolute atomic E-state index is 0.00240. The summed E-state index contributed by atoms with van der Waals surface area (Å²) in [5.74, 6) is -1.20. The Hall–Kier alpha value is -2.41. The molecule has 2 rings (SSSR count). The molecule has 1 aromatic carbocycles. The van der Waals surface area contributed by atoms with Crippen LogP contribution in [0.25, 0.3) is 0 Å². The number of hydrogen-bond donors (Lipinski definition) is 2. The fraction of sp³-hybridized carbons (Fsp3) is 0.471. The van der Waals surface area contributed by atoms with Gasteiger partial charge in [-0.2, -0.15) is 0 Å². The molecular weight excluding hydrogens is 310 g/mol. The molecule has 2 N–H and O–H groups in total. The van der Waals surface area contributed by atoms with E-state index in [0.717, 1.165) is 12.8 Å².